The fraction of sp³-hybridized carbons (Fsp3) is 0.231. The van der Waals surface area contributed by atoms with Gasteiger partial charge in [0, 0.05) is 25.5 Å². The highest BCUT2D eigenvalue weighted by atomic mass is 32.1. The molecule has 0 aliphatic carbocycles. The van der Waals surface area contributed by atoms with E-state index in [1.807, 2.05) is 18.6 Å². The Labute approximate surface area is 110 Å². The molecule has 0 saturated carbocycles. The summed E-state index contributed by atoms with van der Waals surface area (Å²) in [6.45, 7) is 3.83. The molecule has 2 heterocycles. The molecule has 18 heavy (non-hydrogen) atoms. The van der Waals surface area contributed by atoms with Crippen LogP contribution in [0, 0.1) is 11.7 Å². The summed E-state index contributed by atoms with van der Waals surface area (Å²) >= 11 is 5.39. The highest BCUT2D eigenvalue weighted by Crippen LogP contribution is 2.18. The van der Waals surface area contributed by atoms with Crippen LogP contribution in [0.15, 0.2) is 36.9 Å². The van der Waals surface area contributed by atoms with Crippen LogP contribution in [0.25, 0.3) is 11.0 Å². The van der Waals surface area contributed by atoms with Gasteiger partial charge in [-0.05, 0) is 30.8 Å². The van der Waals surface area contributed by atoms with Crippen molar-refractivity contribution < 1.29 is 0 Å². The maximum Gasteiger partial charge on any atom is 0.178 e. The highest BCUT2D eigenvalue weighted by Gasteiger charge is 2.06. The largest absolute Gasteiger partial charge is 0.336 e. The number of aromatic amines is 1. The first-order valence-electron chi connectivity index (χ1n) is 5.89. The Morgan fingerprint density at radius 3 is 3.00 bits per heavy atom. The van der Waals surface area contributed by atoms with E-state index in [0.717, 1.165) is 23.4 Å². The molecule has 0 unspecified atom stereocenters. The molecule has 0 atom stereocenters. The van der Waals surface area contributed by atoms with Crippen LogP contribution in [0.4, 0.5) is 0 Å². The maximum atomic E-state index is 5.39. The Balaban J connectivity index is 2.01. The number of fused-ring (bicyclic) bond motifs is 1. The third-order valence-electron chi connectivity index (χ3n) is 3.14. The predicted octanol–water partition coefficient (Wildman–Crippen LogP) is 2.90. The third kappa shape index (κ3) is 1.86. The zero-order valence-electron chi connectivity index (χ0n) is 10.1. The molecule has 2 aromatic heterocycles. The summed E-state index contributed by atoms with van der Waals surface area (Å²) < 4.78 is 4.98. The fourth-order valence-electron chi connectivity index (χ4n) is 2.25. The van der Waals surface area contributed by atoms with Crippen molar-refractivity contribution in [2.24, 2.45) is 0 Å². The highest BCUT2D eigenvalue weighted by molar-refractivity contribution is 7.71. The zero-order valence-corrected chi connectivity index (χ0v) is 10.9. The predicted molar refractivity (Wildman–Crippen MR) is 74.1 cm³/mol. The van der Waals surface area contributed by atoms with Gasteiger partial charge in [-0.2, -0.15) is 0 Å². The number of hydrogen-bond donors (Lipinski definition) is 1. The minimum Gasteiger partial charge on any atom is -0.336 e. The Morgan fingerprint density at radius 2 is 2.22 bits per heavy atom. The molecule has 0 amide bonds. The van der Waals surface area contributed by atoms with Gasteiger partial charge in [-0.15, -0.1) is 0 Å². The number of imidazole rings is 2. The maximum absolute atomic E-state index is 5.39. The number of H-pyrrole nitrogens is 1. The molecule has 5 heteroatoms. The Kier molecular flexibility index (Phi) is 2.76. The average molecular weight is 258 g/mol. The second kappa shape index (κ2) is 4.42. The van der Waals surface area contributed by atoms with Gasteiger partial charge in [-0.1, -0.05) is 12.1 Å². The summed E-state index contributed by atoms with van der Waals surface area (Å²) in [5.41, 5.74) is 3.54. The van der Waals surface area contributed by atoms with E-state index < -0.39 is 0 Å². The van der Waals surface area contributed by atoms with Crippen LogP contribution >= 0.6 is 12.2 Å². The van der Waals surface area contributed by atoms with E-state index in [1.54, 1.807) is 6.20 Å². The van der Waals surface area contributed by atoms with Gasteiger partial charge in [0.15, 0.2) is 4.77 Å². The SMILES string of the molecule is Cc1cccc2[nH]c(=S)n(CCn3ccnc3)c12. The number of para-hydroxylation sites is 1. The van der Waals surface area contributed by atoms with Crippen LogP contribution in [-0.2, 0) is 13.1 Å². The van der Waals surface area contributed by atoms with E-state index in [-0.39, 0.29) is 0 Å². The molecular weight excluding hydrogens is 244 g/mol. The van der Waals surface area contributed by atoms with Crippen LogP contribution in [0.3, 0.4) is 0 Å². The van der Waals surface area contributed by atoms with E-state index in [9.17, 15) is 0 Å². The van der Waals surface area contributed by atoms with Gasteiger partial charge >= 0.3 is 0 Å². The van der Waals surface area contributed by atoms with Crippen LogP contribution in [0.1, 0.15) is 5.56 Å². The van der Waals surface area contributed by atoms with Crippen LogP contribution in [0.5, 0.6) is 0 Å². The van der Waals surface area contributed by atoms with E-state index >= 15 is 0 Å². The minimum atomic E-state index is 0.777. The first kappa shape index (κ1) is 11.2. The molecule has 0 aliphatic heterocycles. The van der Waals surface area contributed by atoms with Crippen molar-refractivity contribution in [3.8, 4) is 0 Å². The lowest BCUT2D eigenvalue weighted by atomic mass is 10.2. The lowest BCUT2D eigenvalue weighted by Crippen LogP contribution is -2.06. The van der Waals surface area contributed by atoms with Gasteiger partial charge in [-0.25, -0.2) is 4.98 Å². The average Bonchev–Trinajstić information content (AvgIpc) is 2.94. The van der Waals surface area contributed by atoms with E-state index in [1.165, 1.54) is 11.1 Å². The van der Waals surface area contributed by atoms with Gasteiger partial charge in [-0.3, -0.25) is 0 Å². The Hall–Kier alpha value is -1.88. The first-order valence-corrected chi connectivity index (χ1v) is 6.30. The standard InChI is InChI=1S/C13H14N4S/c1-10-3-2-4-11-12(10)17(13(18)15-11)8-7-16-6-5-14-9-16/h2-6,9H,7-8H2,1H3,(H,15,18). The summed E-state index contributed by atoms with van der Waals surface area (Å²) in [6, 6.07) is 6.22. The van der Waals surface area contributed by atoms with E-state index in [0.29, 0.717) is 0 Å². The van der Waals surface area contributed by atoms with Crippen molar-refractivity contribution in [1.29, 1.82) is 0 Å². The molecule has 0 spiro atoms. The summed E-state index contributed by atoms with van der Waals surface area (Å²) in [5.74, 6) is 0. The number of benzene rings is 1. The second-order valence-corrected chi connectivity index (χ2v) is 4.74. The van der Waals surface area contributed by atoms with Crippen molar-refractivity contribution >= 4 is 23.3 Å². The molecule has 0 aliphatic rings. The lowest BCUT2D eigenvalue weighted by Gasteiger charge is -2.07. The van der Waals surface area contributed by atoms with Gasteiger partial charge in [0.2, 0.25) is 0 Å². The monoisotopic (exact) mass is 258 g/mol. The minimum absolute atomic E-state index is 0.777. The van der Waals surface area contributed by atoms with Crippen molar-refractivity contribution in [2.75, 3.05) is 0 Å². The van der Waals surface area contributed by atoms with E-state index in [4.69, 9.17) is 12.2 Å². The van der Waals surface area contributed by atoms with Crippen LogP contribution in [0.2, 0.25) is 0 Å². The number of rotatable bonds is 3. The topological polar surface area (TPSA) is 38.5 Å². The number of nitrogens with one attached hydrogen (secondary N) is 1. The molecule has 92 valence electrons. The summed E-state index contributed by atoms with van der Waals surface area (Å²) in [5, 5.41) is 0. The summed E-state index contributed by atoms with van der Waals surface area (Å²) in [7, 11) is 0. The molecule has 1 N–H and O–H groups in total. The Morgan fingerprint density at radius 1 is 1.33 bits per heavy atom. The quantitative estimate of drug-likeness (QED) is 0.734. The van der Waals surface area contributed by atoms with Crippen LogP contribution < -0.4 is 0 Å². The molecule has 0 bridgehead atoms. The number of nitrogens with zero attached hydrogens (tertiary/aromatic N) is 3. The molecule has 1 aromatic carbocycles. The third-order valence-corrected chi connectivity index (χ3v) is 3.46. The number of aryl methyl sites for hydroxylation is 3. The fourth-order valence-corrected chi connectivity index (χ4v) is 2.54. The van der Waals surface area contributed by atoms with Crippen LogP contribution in [-0.4, -0.2) is 19.1 Å². The van der Waals surface area contributed by atoms with Gasteiger partial charge in [0.1, 0.15) is 0 Å². The molecule has 3 aromatic rings. The molecular formula is C13H14N4S. The smallest absolute Gasteiger partial charge is 0.178 e. The van der Waals surface area contributed by atoms with Crippen molar-refractivity contribution in [3.05, 3.63) is 47.3 Å². The lowest BCUT2D eigenvalue weighted by molar-refractivity contribution is 0.584. The number of hydrogen-bond acceptors (Lipinski definition) is 2. The van der Waals surface area contributed by atoms with Gasteiger partial charge < -0.3 is 14.1 Å². The number of aromatic nitrogens is 4. The normalized spacial score (nSPS) is 11.2. The molecule has 4 nitrogen and oxygen atoms in total. The van der Waals surface area contributed by atoms with Crippen molar-refractivity contribution in [1.82, 2.24) is 19.1 Å². The molecule has 0 fully saturated rings. The summed E-state index contributed by atoms with van der Waals surface area (Å²) in [6.07, 6.45) is 5.58. The van der Waals surface area contributed by atoms with Crippen molar-refractivity contribution in [3.63, 3.8) is 0 Å². The second-order valence-electron chi connectivity index (χ2n) is 4.35. The zero-order chi connectivity index (χ0) is 12.5. The molecule has 0 radical (unpaired) electrons. The molecule has 0 saturated heterocycles. The first-order chi connectivity index (χ1) is 8.75. The van der Waals surface area contributed by atoms with Gasteiger partial charge in [0.05, 0.1) is 17.4 Å². The van der Waals surface area contributed by atoms with Gasteiger partial charge in [0.25, 0.3) is 0 Å². The van der Waals surface area contributed by atoms with E-state index in [2.05, 4.69) is 38.2 Å². The van der Waals surface area contributed by atoms with Crippen molar-refractivity contribution in [2.45, 2.75) is 20.0 Å². The Bertz CT molecular complexity index is 721. The summed E-state index contributed by atoms with van der Waals surface area (Å²) in [4.78, 5) is 7.30. The molecule has 3 rings (SSSR count).